The van der Waals surface area contributed by atoms with Gasteiger partial charge in [-0.1, -0.05) is 18.2 Å². The molecular weight excluding hydrogens is 276 g/mol. The number of likely N-dealkylation sites (tertiary alicyclic amines) is 1. The summed E-state index contributed by atoms with van der Waals surface area (Å²) in [6.45, 7) is 2.41. The van der Waals surface area contributed by atoms with Gasteiger partial charge in [-0.15, -0.1) is 0 Å². The lowest BCUT2D eigenvalue weighted by Gasteiger charge is -2.18. The number of amides is 1. The van der Waals surface area contributed by atoms with E-state index >= 15 is 0 Å². The fourth-order valence-corrected chi connectivity index (χ4v) is 3.26. The third-order valence-electron chi connectivity index (χ3n) is 4.44. The minimum atomic E-state index is -0.0672. The largest absolute Gasteiger partial charge is 0.355 e. The second-order valence-corrected chi connectivity index (χ2v) is 6.16. The van der Waals surface area contributed by atoms with Gasteiger partial charge in [0.15, 0.2) is 0 Å². The van der Waals surface area contributed by atoms with Crippen molar-refractivity contribution >= 4 is 16.8 Å². The van der Waals surface area contributed by atoms with Crippen molar-refractivity contribution in [3.63, 3.8) is 0 Å². The van der Waals surface area contributed by atoms with Crippen LogP contribution in [0.15, 0.2) is 36.5 Å². The SMILES string of the molecule is CN1C[C@@H](N)C[C@H]1C(=O)NCCCn1ccc2ccccc21. The van der Waals surface area contributed by atoms with Gasteiger partial charge in [-0.25, -0.2) is 0 Å². The van der Waals surface area contributed by atoms with E-state index in [4.69, 9.17) is 5.73 Å². The summed E-state index contributed by atoms with van der Waals surface area (Å²) >= 11 is 0. The summed E-state index contributed by atoms with van der Waals surface area (Å²) in [6, 6.07) is 10.5. The van der Waals surface area contributed by atoms with Gasteiger partial charge in [0.25, 0.3) is 0 Å². The Balaban J connectivity index is 1.47. The molecule has 1 aliphatic heterocycles. The van der Waals surface area contributed by atoms with Crippen molar-refractivity contribution in [3.05, 3.63) is 36.5 Å². The average Bonchev–Trinajstić information content (AvgIpc) is 3.07. The highest BCUT2D eigenvalue weighted by molar-refractivity contribution is 5.82. The second kappa shape index (κ2) is 6.50. The number of hydrogen-bond acceptors (Lipinski definition) is 3. The first kappa shape index (κ1) is 15.1. The van der Waals surface area contributed by atoms with E-state index in [1.807, 2.05) is 11.9 Å². The number of rotatable bonds is 5. The monoisotopic (exact) mass is 300 g/mol. The summed E-state index contributed by atoms with van der Waals surface area (Å²) in [5.41, 5.74) is 7.15. The number of fused-ring (bicyclic) bond motifs is 1. The van der Waals surface area contributed by atoms with Gasteiger partial charge in [0.05, 0.1) is 6.04 Å². The van der Waals surface area contributed by atoms with Crippen molar-refractivity contribution in [2.45, 2.75) is 31.5 Å². The highest BCUT2D eigenvalue weighted by Crippen LogP contribution is 2.16. The van der Waals surface area contributed by atoms with E-state index in [1.54, 1.807) is 0 Å². The Morgan fingerprint density at radius 1 is 1.36 bits per heavy atom. The average molecular weight is 300 g/mol. The van der Waals surface area contributed by atoms with Crippen LogP contribution < -0.4 is 11.1 Å². The molecule has 0 saturated carbocycles. The highest BCUT2D eigenvalue weighted by Gasteiger charge is 2.32. The molecule has 1 amide bonds. The van der Waals surface area contributed by atoms with Gasteiger partial charge in [-0.05, 0) is 37.4 Å². The quantitative estimate of drug-likeness (QED) is 0.815. The van der Waals surface area contributed by atoms with Crippen molar-refractivity contribution in [1.29, 1.82) is 0 Å². The van der Waals surface area contributed by atoms with Crippen LogP contribution in [0.3, 0.4) is 0 Å². The Bertz CT molecular complexity index is 651. The number of para-hydroxylation sites is 1. The number of hydrogen-bond donors (Lipinski definition) is 2. The predicted octanol–water partition coefficient (Wildman–Crippen LogP) is 1.18. The minimum absolute atomic E-state index is 0.0672. The zero-order chi connectivity index (χ0) is 15.5. The summed E-state index contributed by atoms with van der Waals surface area (Å²) in [5.74, 6) is 0.104. The molecule has 0 spiro atoms. The second-order valence-electron chi connectivity index (χ2n) is 6.16. The summed E-state index contributed by atoms with van der Waals surface area (Å²) in [6.07, 6.45) is 3.79. The molecule has 5 nitrogen and oxygen atoms in total. The number of nitrogens with one attached hydrogen (secondary N) is 1. The molecule has 1 fully saturated rings. The molecule has 1 aromatic carbocycles. The molecule has 0 radical (unpaired) electrons. The third-order valence-corrected chi connectivity index (χ3v) is 4.44. The fourth-order valence-electron chi connectivity index (χ4n) is 3.26. The van der Waals surface area contributed by atoms with Crippen molar-refractivity contribution < 1.29 is 4.79 Å². The van der Waals surface area contributed by atoms with Crippen LogP contribution in [-0.4, -0.2) is 47.6 Å². The first-order valence-corrected chi connectivity index (χ1v) is 7.92. The summed E-state index contributed by atoms with van der Waals surface area (Å²) in [4.78, 5) is 14.2. The highest BCUT2D eigenvalue weighted by atomic mass is 16.2. The normalized spacial score (nSPS) is 22.3. The van der Waals surface area contributed by atoms with E-state index in [1.165, 1.54) is 10.9 Å². The number of aryl methyl sites for hydroxylation is 1. The van der Waals surface area contributed by atoms with Crippen LogP contribution in [0.2, 0.25) is 0 Å². The number of benzene rings is 1. The van der Waals surface area contributed by atoms with Gasteiger partial charge in [-0.2, -0.15) is 0 Å². The summed E-state index contributed by atoms with van der Waals surface area (Å²) in [5, 5.41) is 4.29. The predicted molar refractivity (Wildman–Crippen MR) is 88.6 cm³/mol. The van der Waals surface area contributed by atoms with E-state index in [-0.39, 0.29) is 18.0 Å². The molecule has 2 aromatic rings. The van der Waals surface area contributed by atoms with Crippen LogP contribution in [0.4, 0.5) is 0 Å². The fraction of sp³-hybridized carbons (Fsp3) is 0.471. The van der Waals surface area contributed by atoms with E-state index < -0.39 is 0 Å². The Labute approximate surface area is 131 Å². The molecule has 3 rings (SSSR count). The van der Waals surface area contributed by atoms with Crippen LogP contribution >= 0.6 is 0 Å². The molecule has 0 unspecified atom stereocenters. The zero-order valence-electron chi connectivity index (χ0n) is 13.0. The number of likely N-dealkylation sites (N-methyl/N-ethyl adjacent to an activating group) is 1. The molecule has 0 aliphatic carbocycles. The Morgan fingerprint density at radius 2 is 2.18 bits per heavy atom. The molecule has 1 aliphatic rings. The number of nitrogens with zero attached hydrogens (tertiary/aromatic N) is 2. The van der Waals surface area contributed by atoms with Crippen molar-refractivity contribution in [2.24, 2.45) is 5.73 Å². The van der Waals surface area contributed by atoms with Crippen LogP contribution in [0.5, 0.6) is 0 Å². The lowest BCUT2D eigenvalue weighted by molar-refractivity contribution is -0.125. The third kappa shape index (κ3) is 3.15. The van der Waals surface area contributed by atoms with Gasteiger partial charge in [0.1, 0.15) is 0 Å². The number of nitrogens with two attached hydrogens (primary N) is 1. The van der Waals surface area contributed by atoms with Gasteiger partial charge >= 0.3 is 0 Å². The molecule has 22 heavy (non-hydrogen) atoms. The first-order valence-electron chi connectivity index (χ1n) is 7.92. The number of aromatic nitrogens is 1. The van der Waals surface area contributed by atoms with Gasteiger partial charge in [0, 0.05) is 37.4 Å². The molecular formula is C17H24N4O. The van der Waals surface area contributed by atoms with Gasteiger partial charge in [-0.3, -0.25) is 9.69 Å². The van der Waals surface area contributed by atoms with E-state index in [9.17, 15) is 4.79 Å². The molecule has 2 heterocycles. The van der Waals surface area contributed by atoms with Crippen LogP contribution in [0, 0.1) is 0 Å². The molecule has 118 valence electrons. The van der Waals surface area contributed by atoms with E-state index in [2.05, 4.69) is 46.4 Å². The smallest absolute Gasteiger partial charge is 0.237 e. The summed E-state index contributed by atoms with van der Waals surface area (Å²) in [7, 11) is 1.96. The van der Waals surface area contributed by atoms with Crippen molar-refractivity contribution in [2.75, 3.05) is 20.1 Å². The lowest BCUT2D eigenvalue weighted by atomic mass is 10.1. The molecule has 1 aromatic heterocycles. The van der Waals surface area contributed by atoms with E-state index in [0.29, 0.717) is 6.54 Å². The van der Waals surface area contributed by atoms with Crippen LogP contribution in [-0.2, 0) is 11.3 Å². The van der Waals surface area contributed by atoms with Crippen LogP contribution in [0.25, 0.3) is 10.9 Å². The molecule has 2 atom stereocenters. The Hall–Kier alpha value is -1.85. The minimum Gasteiger partial charge on any atom is -0.355 e. The molecule has 0 bridgehead atoms. The maximum atomic E-state index is 12.2. The topological polar surface area (TPSA) is 63.3 Å². The van der Waals surface area contributed by atoms with Crippen LogP contribution in [0.1, 0.15) is 12.8 Å². The standard InChI is InChI=1S/C17H24N4O/c1-20-12-14(18)11-16(20)17(22)19-8-4-9-21-10-7-13-5-2-3-6-15(13)21/h2-3,5-7,10,14,16H,4,8-9,11-12,18H2,1H3,(H,19,22)/t14-,16-/m0/s1. The van der Waals surface area contributed by atoms with Gasteiger partial charge < -0.3 is 15.6 Å². The lowest BCUT2D eigenvalue weighted by Crippen LogP contribution is -2.41. The molecule has 1 saturated heterocycles. The van der Waals surface area contributed by atoms with Crippen molar-refractivity contribution in [3.8, 4) is 0 Å². The molecule has 3 N–H and O–H groups in total. The maximum Gasteiger partial charge on any atom is 0.237 e. The van der Waals surface area contributed by atoms with Crippen molar-refractivity contribution in [1.82, 2.24) is 14.8 Å². The van der Waals surface area contributed by atoms with Gasteiger partial charge in [0.2, 0.25) is 5.91 Å². The first-order chi connectivity index (χ1) is 10.6. The van der Waals surface area contributed by atoms with E-state index in [0.717, 1.165) is 25.9 Å². The maximum absolute atomic E-state index is 12.2. The Morgan fingerprint density at radius 3 is 2.95 bits per heavy atom. The summed E-state index contributed by atoms with van der Waals surface area (Å²) < 4.78 is 2.24. The number of carbonyl (C=O) groups excluding carboxylic acids is 1. The Kier molecular flexibility index (Phi) is 4.45. The molecule has 5 heteroatoms. The zero-order valence-corrected chi connectivity index (χ0v) is 13.0. The number of carbonyl (C=O) groups is 1.